The second kappa shape index (κ2) is 4.15. The number of anilines is 1. The Bertz CT molecular complexity index is 453. The zero-order valence-corrected chi connectivity index (χ0v) is 11.2. The van der Waals surface area contributed by atoms with E-state index in [1.807, 2.05) is 17.6 Å². The summed E-state index contributed by atoms with van der Waals surface area (Å²) in [5.41, 5.74) is 6.80. The quantitative estimate of drug-likeness (QED) is 0.925. The number of hydrogen-bond donors (Lipinski definition) is 1. The van der Waals surface area contributed by atoms with Crippen molar-refractivity contribution in [1.82, 2.24) is 9.55 Å². The van der Waals surface area contributed by atoms with Crippen LogP contribution in [0.1, 0.15) is 10.6 Å². The van der Waals surface area contributed by atoms with Crippen LogP contribution in [0.15, 0.2) is 16.7 Å². The normalized spacial score (nSPS) is 10.9. The molecule has 0 bridgehead atoms. The van der Waals surface area contributed by atoms with Crippen LogP contribution in [0.5, 0.6) is 0 Å². The number of nitrogens with two attached hydrogens (primary N) is 1. The lowest BCUT2D eigenvalue weighted by molar-refractivity contribution is 0.794. The number of halogens is 2. The summed E-state index contributed by atoms with van der Waals surface area (Å²) in [5.74, 6) is 0.535. The maximum absolute atomic E-state index is 5.96. The van der Waals surface area contributed by atoms with E-state index < -0.39 is 0 Å². The second-order valence-corrected chi connectivity index (χ2v) is 5.77. The minimum atomic E-state index is 0.535. The molecule has 0 saturated heterocycles. The first-order valence-electron chi connectivity index (χ1n) is 4.29. The molecule has 0 fully saturated rings. The molecule has 0 aromatic carbocycles. The molecule has 3 nitrogen and oxygen atoms in total. The molecule has 2 aromatic heterocycles. The number of nitrogen functional groups attached to an aromatic ring is 1. The summed E-state index contributed by atoms with van der Waals surface area (Å²) in [4.78, 5) is 5.19. The third-order valence-electron chi connectivity index (χ3n) is 2.10. The van der Waals surface area contributed by atoms with E-state index in [1.54, 1.807) is 17.5 Å². The molecule has 0 aliphatic rings. The van der Waals surface area contributed by atoms with E-state index in [0.29, 0.717) is 12.5 Å². The fourth-order valence-corrected chi connectivity index (χ4v) is 3.09. The Balaban J connectivity index is 2.29. The largest absolute Gasteiger partial charge is 0.369 e. The van der Waals surface area contributed by atoms with Gasteiger partial charge in [-0.05, 0) is 28.9 Å². The summed E-state index contributed by atoms with van der Waals surface area (Å²) >= 11 is 10.9. The van der Waals surface area contributed by atoms with Gasteiger partial charge in [-0.25, -0.2) is 4.98 Å². The molecular formula is C9H9BrClN3S. The Morgan fingerprint density at radius 3 is 2.87 bits per heavy atom. The van der Waals surface area contributed by atoms with E-state index in [0.717, 1.165) is 19.4 Å². The minimum Gasteiger partial charge on any atom is -0.369 e. The first kappa shape index (κ1) is 11.0. The Morgan fingerprint density at radius 2 is 2.40 bits per heavy atom. The van der Waals surface area contributed by atoms with E-state index >= 15 is 0 Å². The molecule has 0 unspecified atom stereocenters. The number of hydrogen-bond acceptors (Lipinski definition) is 3. The number of thiophene rings is 1. The van der Waals surface area contributed by atoms with Crippen molar-refractivity contribution in [2.75, 3.05) is 5.73 Å². The van der Waals surface area contributed by atoms with Crippen LogP contribution in [0.3, 0.4) is 0 Å². The van der Waals surface area contributed by atoms with Crippen molar-refractivity contribution in [3.8, 4) is 0 Å². The van der Waals surface area contributed by atoms with Gasteiger partial charge < -0.3 is 10.3 Å². The molecule has 0 spiro atoms. The predicted octanol–water partition coefficient (Wildman–Crippen LogP) is 3.30. The van der Waals surface area contributed by atoms with Gasteiger partial charge in [0.15, 0.2) is 0 Å². The fraction of sp³-hybridized carbons (Fsp3) is 0.222. The molecule has 2 rings (SSSR count). The number of imidazole rings is 1. The third-order valence-corrected chi connectivity index (χ3v) is 4.56. The fourth-order valence-electron chi connectivity index (χ4n) is 1.31. The number of aryl methyl sites for hydroxylation is 1. The molecule has 0 amide bonds. The van der Waals surface area contributed by atoms with Crippen molar-refractivity contribution >= 4 is 44.8 Å². The highest BCUT2D eigenvalue weighted by atomic mass is 79.9. The van der Waals surface area contributed by atoms with E-state index in [4.69, 9.17) is 17.3 Å². The van der Waals surface area contributed by atoms with Crippen molar-refractivity contribution in [3.63, 3.8) is 0 Å². The van der Waals surface area contributed by atoms with Gasteiger partial charge in [0.05, 0.1) is 12.7 Å². The smallest absolute Gasteiger partial charge is 0.200 e. The summed E-state index contributed by atoms with van der Waals surface area (Å²) in [5, 5.41) is 0. The minimum absolute atomic E-state index is 0.535. The monoisotopic (exact) mass is 305 g/mol. The molecule has 2 aromatic rings. The van der Waals surface area contributed by atoms with Crippen LogP contribution >= 0.6 is 38.9 Å². The lowest BCUT2D eigenvalue weighted by Crippen LogP contribution is -2.04. The molecule has 0 radical (unpaired) electrons. The highest BCUT2D eigenvalue weighted by molar-refractivity contribution is 9.10. The molecule has 80 valence electrons. The van der Waals surface area contributed by atoms with Gasteiger partial charge in [-0.15, -0.1) is 11.3 Å². The van der Waals surface area contributed by atoms with Crippen molar-refractivity contribution in [2.24, 2.45) is 0 Å². The van der Waals surface area contributed by atoms with Crippen LogP contribution in [0.2, 0.25) is 4.34 Å². The lowest BCUT2D eigenvalue weighted by Gasteiger charge is -2.04. The average Bonchev–Trinajstić information content (AvgIpc) is 2.64. The summed E-state index contributed by atoms with van der Waals surface area (Å²) in [6.07, 6.45) is 1.76. The predicted molar refractivity (Wildman–Crippen MR) is 67.5 cm³/mol. The average molecular weight is 307 g/mol. The molecule has 6 heteroatoms. The topological polar surface area (TPSA) is 43.8 Å². The van der Waals surface area contributed by atoms with E-state index in [2.05, 4.69) is 20.9 Å². The summed E-state index contributed by atoms with van der Waals surface area (Å²) < 4.78 is 3.65. The third kappa shape index (κ3) is 2.19. The number of aromatic nitrogens is 2. The van der Waals surface area contributed by atoms with Crippen molar-refractivity contribution in [2.45, 2.75) is 13.5 Å². The van der Waals surface area contributed by atoms with Crippen LogP contribution in [-0.2, 0) is 6.54 Å². The van der Waals surface area contributed by atoms with Gasteiger partial charge in [-0.3, -0.25) is 0 Å². The summed E-state index contributed by atoms with van der Waals surface area (Å²) in [6.45, 7) is 2.70. The van der Waals surface area contributed by atoms with E-state index in [1.165, 1.54) is 0 Å². The van der Waals surface area contributed by atoms with Crippen molar-refractivity contribution in [1.29, 1.82) is 0 Å². The molecule has 0 saturated carbocycles. The SMILES string of the molecule is Cc1cnc(N)n1Cc1cc(Br)c(Cl)s1. The van der Waals surface area contributed by atoms with Gasteiger partial charge in [-0.1, -0.05) is 11.6 Å². The van der Waals surface area contributed by atoms with Crippen LogP contribution in [0.25, 0.3) is 0 Å². The molecule has 2 heterocycles. The Labute approximate surface area is 105 Å². The Kier molecular flexibility index (Phi) is 3.04. The molecule has 0 atom stereocenters. The zero-order valence-electron chi connectivity index (χ0n) is 8.00. The highest BCUT2D eigenvalue weighted by Crippen LogP contribution is 2.32. The second-order valence-electron chi connectivity index (χ2n) is 3.18. The number of rotatable bonds is 2. The maximum atomic E-state index is 5.96. The molecule has 0 aliphatic heterocycles. The zero-order chi connectivity index (χ0) is 11.0. The Hall–Kier alpha value is -0.520. The lowest BCUT2D eigenvalue weighted by atomic mass is 10.4. The van der Waals surface area contributed by atoms with Gasteiger partial charge >= 0.3 is 0 Å². The number of nitrogens with zero attached hydrogens (tertiary/aromatic N) is 2. The van der Waals surface area contributed by atoms with Crippen molar-refractivity contribution in [3.05, 3.63) is 31.6 Å². The van der Waals surface area contributed by atoms with Crippen molar-refractivity contribution < 1.29 is 0 Å². The van der Waals surface area contributed by atoms with Gasteiger partial charge in [-0.2, -0.15) is 0 Å². The standard InChI is InChI=1S/C9H9BrClN3S/c1-5-3-13-9(12)14(5)4-6-2-7(10)8(11)15-6/h2-3H,4H2,1H3,(H2,12,13). The van der Waals surface area contributed by atoms with Crippen LogP contribution in [-0.4, -0.2) is 9.55 Å². The van der Waals surface area contributed by atoms with Gasteiger partial charge in [0.1, 0.15) is 4.34 Å². The van der Waals surface area contributed by atoms with Gasteiger partial charge in [0, 0.05) is 15.0 Å². The van der Waals surface area contributed by atoms with Gasteiger partial charge in [0.2, 0.25) is 5.95 Å². The van der Waals surface area contributed by atoms with E-state index in [9.17, 15) is 0 Å². The first-order valence-corrected chi connectivity index (χ1v) is 6.28. The molecule has 0 aliphatic carbocycles. The summed E-state index contributed by atoms with van der Waals surface area (Å²) in [6, 6.07) is 2.01. The van der Waals surface area contributed by atoms with Crippen LogP contribution in [0.4, 0.5) is 5.95 Å². The van der Waals surface area contributed by atoms with Crippen LogP contribution in [0, 0.1) is 6.92 Å². The van der Waals surface area contributed by atoms with E-state index in [-0.39, 0.29) is 0 Å². The maximum Gasteiger partial charge on any atom is 0.200 e. The summed E-state index contributed by atoms with van der Waals surface area (Å²) in [7, 11) is 0. The molecular weight excluding hydrogens is 298 g/mol. The first-order chi connectivity index (χ1) is 7.08. The highest BCUT2D eigenvalue weighted by Gasteiger charge is 2.08. The van der Waals surface area contributed by atoms with Crippen LogP contribution < -0.4 is 5.73 Å². The molecule has 2 N–H and O–H groups in total. The molecule has 15 heavy (non-hydrogen) atoms. The van der Waals surface area contributed by atoms with Gasteiger partial charge in [0.25, 0.3) is 0 Å². The Morgan fingerprint density at radius 1 is 1.67 bits per heavy atom.